The third-order valence-corrected chi connectivity index (χ3v) is 4.98. The van der Waals surface area contributed by atoms with Crippen molar-refractivity contribution in [1.29, 1.82) is 0 Å². The molecule has 3 heteroatoms. The van der Waals surface area contributed by atoms with Crippen LogP contribution in [0.5, 0.6) is 0 Å². The van der Waals surface area contributed by atoms with Gasteiger partial charge in [-0.3, -0.25) is 0 Å². The lowest BCUT2D eigenvalue weighted by molar-refractivity contribution is 0.249. The Bertz CT molecular complexity index is 757. The summed E-state index contributed by atoms with van der Waals surface area (Å²) in [6, 6.07) is 14.5. The molecule has 1 aliphatic rings. The molecule has 2 amide bonds. The number of anilines is 1. The van der Waals surface area contributed by atoms with Gasteiger partial charge in [0.15, 0.2) is 0 Å². The second-order valence-corrected chi connectivity index (χ2v) is 8.03. The van der Waals surface area contributed by atoms with E-state index in [1.54, 1.807) is 0 Å². The van der Waals surface area contributed by atoms with Gasteiger partial charge in [0.25, 0.3) is 0 Å². The van der Waals surface area contributed by atoms with Crippen LogP contribution in [0, 0.1) is 0 Å². The number of hydrogen-bond donors (Lipinski definition) is 2. The number of carbonyl (C=O) groups excluding carboxylic acids is 1. The van der Waals surface area contributed by atoms with Gasteiger partial charge < -0.3 is 10.6 Å². The van der Waals surface area contributed by atoms with Crippen molar-refractivity contribution in [3.8, 4) is 0 Å². The van der Waals surface area contributed by atoms with Crippen molar-refractivity contribution in [2.75, 3.05) is 5.32 Å². The molecule has 0 radical (unpaired) electrons. The third-order valence-electron chi connectivity index (χ3n) is 4.98. The molecule has 3 nitrogen and oxygen atoms in total. The van der Waals surface area contributed by atoms with Crippen LogP contribution in [0.3, 0.4) is 0 Å². The molecule has 0 spiro atoms. The highest BCUT2D eigenvalue weighted by Crippen LogP contribution is 2.26. The summed E-state index contributed by atoms with van der Waals surface area (Å²) in [4.78, 5) is 12.3. The molecule has 1 aliphatic carbocycles. The van der Waals surface area contributed by atoms with Gasteiger partial charge in [-0.25, -0.2) is 4.79 Å². The molecule has 0 saturated carbocycles. The van der Waals surface area contributed by atoms with Crippen LogP contribution < -0.4 is 10.6 Å². The van der Waals surface area contributed by atoms with E-state index in [2.05, 4.69) is 67.8 Å². The van der Waals surface area contributed by atoms with E-state index in [1.807, 2.05) is 13.0 Å². The number of carbonyl (C=O) groups is 1. The molecule has 132 valence electrons. The van der Waals surface area contributed by atoms with Gasteiger partial charge in [-0.05, 0) is 66.0 Å². The third kappa shape index (κ3) is 4.22. The summed E-state index contributed by atoms with van der Waals surface area (Å²) in [6.07, 6.45) is 3.49. The quantitative estimate of drug-likeness (QED) is 0.779. The first-order valence-corrected chi connectivity index (χ1v) is 9.13. The minimum Gasteiger partial charge on any atom is -0.331 e. The zero-order valence-electron chi connectivity index (χ0n) is 15.6. The number of aryl methyl sites for hydroxylation is 2. The number of amides is 2. The summed E-state index contributed by atoms with van der Waals surface area (Å²) in [5.74, 6) is 0. The van der Waals surface area contributed by atoms with Gasteiger partial charge in [0.2, 0.25) is 0 Å². The predicted molar refractivity (Wildman–Crippen MR) is 104 cm³/mol. The van der Waals surface area contributed by atoms with Gasteiger partial charge in [0, 0.05) is 5.69 Å². The first kappa shape index (κ1) is 17.5. The first-order chi connectivity index (χ1) is 11.8. The number of benzene rings is 2. The van der Waals surface area contributed by atoms with Crippen molar-refractivity contribution in [2.24, 2.45) is 0 Å². The van der Waals surface area contributed by atoms with Gasteiger partial charge in [0.1, 0.15) is 0 Å². The van der Waals surface area contributed by atoms with E-state index in [4.69, 9.17) is 0 Å². The molecule has 0 unspecified atom stereocenters. The first-order valence-electron chi connectivity index (χ1n) is 9.13. The van der Waals surface area contributed by atoms with Gasteiger partial charge in [0.05, 0.1) is 6.04 Å². The molecule has 0 saturated heterocycles. The zero-order valence-corrected chi connectivity index (χ0v) is 15.6. The second-order valence-electron chi connectivity index (χ2n) is 8.03. The van der Waals surface area contributed by atoms with E-state index in [1.165, 1.54) is 23.1 Å². The standard InChI is InChI=1S/C22H28N2O/c1-15(16-8-11-19(12-9-16)22(2,3)4)23-21(25)24-20-13-10-17-6-5-7-18(17)14-20/h8-15H,5-7H2,1-4H3,(H2,23,24,25)/t15-/m1/s1. The Balaban J connectivity index is 1.60. The van der Waals surface area contributed by atoms with E-state index < -0.39 is 0 Å². The molecule has 3 rings (SSSR count). The molecular weight excluding hydrogens is 308 g/mol. The second kappa shape index (κ2) is 6.91. The summed E-state index contributed by atoms with van der Waals surface area (Å²) in [5.41, 5.74) is 6.19. The van der Waals surface area contributed by atoms with Crippen LogP contribution >= 0.6 is 0 Å². The van der Waals surface area contributed by atoms with Crippen molar-refractivity contribution >= 4 is 11.7 Å². The summed E-state index contributed by atoms with van der Waals surface area (Å²) in [6.45, 7) is 8.61. The van der Waals surface area contributed by atoms with Crippen LogP contribution in [0.2, 0.25) is 0 Å². The molecule has 25 heavy (non-hydrogen) atoms. The van der Waals surface area contributed by atoms with E-state index in [9.17, 15) is 4.79 Å². The van der Waals surface area contributed by atoms with Gasteiger partial charge in [-0.2, -0.15) is 0 Å². The van der Waals surface area contributed by atoms with Crippen molar-refractivity contribution in [3.63, 3.8) is 0 Å². The average molecular weight is 336 g/mol. The Labute approximate surface area is 150 Å². The van der Waals surface area contributed by atoms with Crippen molar-refractivity contribution in [2.45, 2.75) is 58.4 Å². The fraction of sp³-hybridized carbons (Fsp3) is 0.409. The fourth-order valence-electron chi connectivity index (χ4n) is 3.37. The molecule has 0 aromatic heterocycles. The summed E-state index contributed by atoms with van der Waals surface area (Å²) >= 11 is 0. The van der Waals surface area contributed by atoms with Crippen molar-refractivity contribution in [3.05, 3.63) is 64.7 Å². The van der Waals surface area contributed by atoms with Gasteiger partial charge in [-0.1, -0.05) is 51.1 Å². The van der Waals surface area contributed by atoms with Crippen LogP contribution in [0.25, 0.3) is 0 Å². The number of hydrogen-bond acceptors (Lipinski definition) is 1. The number of nitrogens with one attached hydrogen (secondary N) is 2. The van der Waals surface area contributed by atoms with Gasteiger partial charge in [-0.15, -0.1) is 0 Å². The minimum absolute atomic E-state index is 0.0385. The number of urea groups is 1. The number of fused-ring (bicyclic) bond motifs is 1. The largest absolute Gasteiger partial charge is 0.331 e. The Hall–Kier alpha value is -2.29. The highest BCUT2D eigenvalue weighted by Gasteiger charge is 2.16. The maximum absolute atomic E-state index is 12.3. The van der Waals surface area contributed by atoms with E-state index >= 15 is 0 Å². The Kier molecular flexibility index (Phi) is 4.85. The Morgan fingerprint density at radius 2 is 1.68 bits per heavy atom. The highest BCUT2D eigenvalue weighted by molar-refractivity contribution is 5.89. The lowest BCUT2D eigenvalue weighted by Gasteiger charge is -2.21. The van der Waals surface area contributed by atoms with E-state index in [0.717, 1.165) is 24.1 Å². The Morgan fingerprint density at radius 1 is 1.00 bits per heavy atom. The highest BCUT2D eigenvalue weighted by atomic mass is 16.2. The zero-order chi connectivity index (χ0) is 18.0. The molecule has 0 aliphatic heterocycles. The molecule has 2 N–H and O–H groups in total. The summed E-state index contributed by atoms with van der Waals surface area (Å²) in [5, 5.41) is 5.98. The molecular formula is C22H28N2O. The molecule has 0 heterocycles. The topological polar surface area (TPSA) is 41.1 Å². The molecule has 0 bridgehead atoms. The summed E-state index contributed by atoms with van der Waals surface area (Å²) in [7, 11) is 0. The smallest absolute Gasteiger partial charge is 0.319 e. The van der Waals surface area contributed by atoms with Crippen LogP contribution in [-0.4, -0.2) is 6.03 Å². The van der Waals surface area contributed by atoms with Gasteiger partial charge >= 0.3 is 6.03 Å². The molecule has 1 atom stereocenters. The maximum atomic E-state index is 12.3. The van der Waals surface area contributed by atoms with E-state index in [0.29, 0.717) is 0 Å². The van der Waals surface area contributed by atoms with E-state index in [-0.39, 0.29) is 17.5 Å². The van der Waals surface area contributed by atoms with Crippen LogP contribution in [-0.2, 0) is 18.3 Å². The normalized spacial score (nSPS) is 14.7. The monoisotopic (exact) mass is 336 g/mol. The maximum Gasteiger partial charge on any atom is 0.319 e. The Morgan fingerprint density at radius 3 is 2.36 bits per heavy atom. The summed E-state index contributed by atoms with van der Waals surface area (Å²) < 4.78 is 0. The lowest BCUT2D eigenvalue weighted by atomic mass is 9.86. The van der Waals surface area contributed by atoms with Crippen molar-refractivity contribution < 1.29 is 4.79 Å². The molecule has 0 fully saturated rings. The van der Waals surface area contributed by atoms with Crippen LogP contribution in [0.1, 0.15) is 62.4 Å². The molecule has 2 aromatic rings. The van der Waals surface area contributed by atoms with Crippen LogP contribution in [0.4, 0.5) is 10.5 Å². The average Bonchev–Trinajstić information content (AvgIpc) is 3.01. The lowest BCUT2D eigenvalue weighted by Crippen LogP contribution is -2.31. The predicted octanol–water partition coefficient (Wildman–Crippen LogP) is 5.36. The van der Waals surface area contributed by atoms with Crippen molar-refractivity contribution in [1.82, 2.24) is 5.32 Å². The molecule has 2 aromatic carbocycles. The number of rotatable bonds is 3. The van der Waals surface area contributed by atoms with Crippen LogP contribution in [0.15, 0.2) is 42.5 Å². The SMILES string of the molecule is C[C@@H](NC(=O)Nc1ccc2c(c1)CCC2)c1ccc(C(C)(C)C)cc1. The minimum atomic E-state index is -0.162. The fourth-order valence-corrected chi connectivity index (χ4v) is 3.37.